The number of aliphatic carboxylic acids is 3. The van der Waals surface area contributed by atoms with Crippen molar-refractivity contribution in [1.82, 2.24) is 5.32 Å². The summed E-state index contributed by atoms with van der Waals surface area (Å²) in [4.78, 5) is 52.7. The molecule has 0 aromatic carbocycles. The van der Waals surface area contributed by atoms with Crippen LogP contribution in [0, 0.1) is 39.9 Å². The predicted molar refractivity (Wildman–Crippen MR) is 153 cm³/mol. The third-order valence-electron chi connectivity index (χ3n) is 9.66. The van der Waals surface area contributed by atoms with E-state index in [0.29, 0.717) is 0 Å². The highest BCUT2D eigenvalue weighted by molar-refractivity contribution is 5.87. The maximum absolute atomic E-state index is 13.6. The van der Waals surface area contributed by atoms with Crippen molar-refractivity contribution in [3.8, 4) is 0 Å². The fourth-order valence-corrected chi connectivity index (χ4v) is 6.51. The van der Waals surface area contributed by atoms with E-state index < -0.39 is 75.5 Å². The minimum atomic E-state index is -1.55. The zero-order valence-corrected chi connectivity index (χ0v) is 25.7. The molecule has 11 heteroatoms. The molecule has 1 amide bonds. The Balaban J connectivity index is 7.64. The second kappa shape index (κ2) is 14.4. The number of carbonyl (C=O) groups excluding carboxylic acids is 1. The summed E-state index contributed by atoms with van der Waals surface area (Å²) < 4.78 is 5.16. The number of carbonyl (C=O) groups is 4. The lowest BCUT2D eigenvalue weighted by atomic mass is 9.45. The van der Waals surface area contributed by atoms with Gasteiger partial charge in [-0.2, -0.15) is 0 Å². The van der Waals surface area contributed by atoms with Crippen LogP contribution in [0.15, 0.2) is 12.7 Å². The second-order valence-corrected chi connectivity index (χ2v) is 12.3. The number of methoxy groups -OCH3 is 1. The van der Waals surface area contributed by atoms with Gasteiger partial charge in [-0.05, 0) is 48.9 Å². The van der Waals surface area contributed by atoms with Gasteiger partial charge in [-0.25, -0.2) is 0 Å². The molecule has 0 saturated heterocycles. The summed E-state index contributed by atoms with van der Waals surface area (Å²) in [6, 6.07) is 0. The average molecular weight is 572 g/mol. The molecule has 0 aliphatic heterocycles. The lowest BCUT2D eigenvalue weighted by Gasteiger charge is -2.57. The summed E-state index contributed by atoms with van der Waals surface area (Å²) in [7, 11) is 1.38. The number of hydrogen-bond acceptors (Lipinski definition) is 7. The van der Waals surface area contributed by atoms with Crippen LogP contribution in [-0.2, 0) is 23.9 Å². The molecule has 232 valence electrons. The zero-order chi connectivity index (χ0) is 31.9. The normalized spacial score (nSPS) is 20.4. The van der Waals surface area contributed by atoms with Crippen LogP contribution < -0.4 is 16.8 Å². The van der Waals surface area contributed by atoms with Crippen LogP contribution in [-0.4, -0.2) is 64.6 Å². The molecule has 0 aliphatic rings. The van der Waals surface area contributed by atoms with Gasteiger partial charge in [-0.15, -0.1) is 6.58 Å². The number of carboxylic acid groups (broad SMARTS) is 3. The van der Waals surface area contributed by atoms with Crippen LogP contribution in [0.3, 0.4) is 0 Å². The van der Waals surface area contributed by atoms with Crippen LogP contribution in [0.4, 0.5) is 0 Å². The molecule has 40 heavy (non-hydrogen) atoms. The van der Waals surface area contributed by atoms with Gasteiger partial charge in [0, 0.05) is 19.2 Å². The van der Waals surface area contributed by atoms with Gasteiger partial charge in [0.15, 0.2) is 0 Å². The Labute approximate surface area is 239 Å². The summed E-state index contributed by atoms with van der Waals surface area (Å²) >= 11 is 0. The Hall–Kier alpha value is -2.50. The number of carboxylic acids is 3. The molecule has 0 heterocycles. The summed E-state index contributed by atoms with van der Waals surface area (Å²) in [5.74, 6) is -10.4. The highest BCUT2D eigenvalue weighted by Gasteiger charge is 2.64. The average Bonchev–Trinajstić information content (AvgIpc) is 2.86. The lowest BCUT2D eigenvalue weighted by Crippen LogP contribution is -2.63. The largest absolute Gasteiger partial charge is 0.481 e. The molecule has 0 aliphatic carbocycles. The van der Waals surface area contributed by atoms with E-state index in [1.165, 1.54) is 13.2 Å². The third-order valence-corrected chi connectivity index (χ3v) is 9.66. The van der Waals surface area contributed by atoms with Crippen molar-refractivity contribution in [2.75, 3.05) is 13.7 Å². The molecule has 0 bridgehead atoms. The van der Waals surface area contributed by atoms with E-state index in [4.69, 9.17) is 16.2 Å². The Bertz CT molecular complexity index is 921. The monoisotopic (exact) mass is 571 g/mol. The van der Waals surface area contributed by atoms with Crippen molar-refractivity contribution >= 4 is 23.8 Å². The Morgan fingerprint density at radius 1 is 0.825 bits per heavy atom. The van der Waals surface area contributed by atoms with Gasteiger partial charge >= 0.3 is 17.9 Å². The fourth-order valence-electron chi connectivity index (χ4n) is 6.51. The number of amides is 1. The summed E-state index contributed by atoms with van der Waals surface area (Å²) in [6.07, 6.45) is 1.16. The number of ether oxygens (including phenoxy) is 1. The smallest absolute Gasteiger partial charge is 0.307 e. The first-order chi connectivity index (χ1) is 18.2. The van der Waals surface area contributed by atoms with E-state index in [1.807, 2.05) is 0 Å². The van der Waals surface area contributed by atoms with Gasteiger partial charge in [0.2, 0.25) is 5.91 Å². The molecule has 8 atom stereocenters. The maximum atomic E-state index is 13.6. The first-order valence-electron chi connectivity index (χ1n) is 13.8. The van der Waals surface area contributed by atoms with E-state index in [2.05, 4.69) is 11.9 Å². The van der Waals surface area contributed by atoms with E-state index in [0.717, 1.165) is 0 Å². The Morgan fingerprint density at radius 3 is 1.52 bits per heavy atom. The predicted octanol–water partition coefficient (Wildman–Crippen LogP) is 3.31. The molecule has 8 N–H and O–H groups in total. The van der Waals surface area contributed by atoms with E-state index in [1.54, 1.807) is 55.4 Å². The number of nitrogens with two attached hydrogens (primary N) is 2. The number of hydrogen-bond donors (Lipinski definition) is 6. The van der Waals surface area contributed by atoms with Gasteiger partial charge in [-0.3, -0.25) is 19.2 Å². The molecule has 11 nitrogen and oxygen atoms in total. The molecule has 0 spiro atoms. The maximum Gasteiger partial charge on any atom is 0.307 e. The number of nitrogens with one attached hydrogen (secondary N) is 1. The standard InChI is InChI=1S/C29H53N3O8/c1-11-15-32-22(33)18(29(9,31)14-4)20(24(36)37)27(7,12-2)28(8,13-3)21(25(38)39)19(23(34)35)26(5,6)16-17(30)40-10/h11,17-21H,1,12-16,30-31H2,2-10H3,(H,32,33)(H,34,35)(H,36,37)(H,38,39). The van der Waals surface area contributed by atoms with Crippen molar-refractivity contribution in [2.45, 2.75) is 92.8 Å². The summed E-state index contributed by atoms with van der Waals surface area (Å²) in [5.41, 5.74) is 7.30. The van der Waals surface area contributed by atoms with Crippen molar-refractivity contribution in [2.24, 2.45) is 51.4 Å². The molecule has 0 radical (unpaired) electrons. The summed E-state index contributed by atoms with van der Waals surface area (Å²) in [6.45, 7) is 17.0. The Morgan fingerprint density at radius 2 is 1.23 bits per heavy atom. The van der Waals surface area contributed by atoms with Gasteiger partial charge in [0.05, 0.1) is 23.7 Å². The minimum Gasteiger partial charge on any atom is -0.481 e. The molecule has 0 aromatic rings. The second-order valence-electron chi connectivity index (χ2n) is 12.3. The zero-order valence-electron chi connectivity index (χ0n) is 25.7. The van der Waals surface area contributed by atoms with Crippen LogP contribution in [0.5, 0.6) is 0 Å². The minimum absolute atomic E-state index is 0.0402. The molecule has 0 fully saturated rings. The third kappa shape index (κ3) is 7.61. The lowest BCUT2D eigenvalue weighted by molar-refractivity contribution is -0.186. The molecule has 0 rings (SSSR count). The first kappa shape index (κ1) is 37.5. The highest BCUT2D eigenvalue weighted by Crippen LogP contribution is 2.60. The van der Waals surface area contributed by atoms with E-state index in [-0.39, 0.29) is 32.2 Å². The van der Waals surface area contributed by atoms with Crippen LogP contribution in [0.1, 0.15) is 81.1 Å². The topological polar surface area (TPSA) is 202 Å². The molecular formula is C29H53N3O8. The van der Waals surface area contributed by atoms with Crippen molar-refractivity contribution in [3.05, 3.63) is 12.7 Å². The van der Waals surface area contributed by atoms with E-state index >= 15 is 0 Å². The first-order valence-corrected chi connectivity index (χ1v) is 13.8. The van der Waals surface area contributed by atoms with Crippen molar-refractivity contribution < 1.29 is 39.2 Å². The molecular weight excluding hydrogens is 518 g/mol. The van der Waals surface area contributed by atoms with E-state index in [9.17, 15) is 34.5 Å². The Kier molecular flexibility index (Phi) is 13.5. The van der Waals surface area contributed by atoms with Gasteiger partial charge in [0.1, 0.15) is 6.23 Å². The summed E-state index contributed by atoms with van der Waals surface area (Å²) in [5, 5.41) is 34.6. The van der Waals surface area contributed by atoms with Crippen molar-refractivity contribution in [3.63, 3.8) is 0 Å². The quantitative estimate of drug-likeness (QED) is 0.0986. The van der Waals surface area contributed by atoms with Gasteiger partial charge < -0.3 is 36.8 Å². The van der Waals surface area contributed by atoms with Gasteiger partial charge in [0.25, 0.3) is 0 Å². The number of rotatable bonds is 19. The molecule has 8 unspecified atom stereocenters. The SMILES string of the molecule is C=CCNC(=O)C(C(C(=O)O)C(C)(CC)C(C)(CC)C(C(=O)O)C(C(=O)O)C(C)(C)CC(N)OC)C(C)(N)CC. The fraction of sp³-hybridized carbons (Fsp3) is 0.793. The highest BCUT2D eigenvalue weighted by atomic mass is 16.5. The van der Waals surface area contributed by atoms with Crippen LogP contribution >= 0.6 is 0 Å². The molecule has 0 aromatic heterocycles. The van der Waals surface area contributed by atoms with Crippen LogP contribution in [0.25, 0.3) is 0 Å². The van der Waals surface area contributed by atoms with Crippen molar-refractivity contribution in [1.29, 1.82) is 0 Å². The van der Waals surface area contributed by atoms with Crippen LogP contribution in [0.2, 0.25) is 0 Å². The van der Waals surface area contributed by atoms with Gasteiger partial charge in [-0.1, -0.05) is 54.5 Å². The molecule has 0 saturated carbocycles.